The van der Waals surface area contributed by atoms with Crippen molar-refractivity contribution in [1.82, 2.24) is 15.1 Å². The van der Waals surface area contributed by atoms with E-state index in [1.54, 1.807) is 10.9 Å². The maximum absolute atomic E-state index is 11.5. The fourth-order valence-corrected chi connectivity index (χ4v) is 1.21. The molecule has 1 heterocycles. The van der Waals surface area contributed by atoms with Crippen LogP contribution in [0, 0.1) is 6.92 Å². The largest absolute Gasteiger partial charge is 0.335 e. The van der Waals surface area contributed by atoms with Gasteiger partial charge in [0.25, 0.3) is 0 Å². The minimum Gasteiger partial charge on any atom is -0.335 e. The maximum Gasteiger partial charge on any atom is 0.319 e. The first-order chi connectivity index (χ1) is 7.02. The Bertz CT molecular complexity index is 345. The predicted octanol–water partition coefficient (Wildman–Crippen LogP) is 1.65. The zero-order chi connectivity index (χ0) is 11.4. The summed E-state index contributed by atoms with van der Waals surface area (Å²) in [6, 6.07) is 0.00225. The summed E-state index contributed by atoms with van der Waals surface area (Å²) in [7, 11) is 1.82. The summed E-state index contributed by atoms with van der Waals surface area (Å²) < 4.78 is 1.67. The summed E-state index contributed by atoms with van der Waals surface area (Å²) in [5, 5.41) is 9.73. The molecular weight excluding hydrogens is 192 g/mol. The van der Waals surface area contributed by atoms with E-state index >= 15 is 0 Å². The highest BCUT2D eigenvalue weighted by molar-refractivity contribution is 5.89. The van der Waals surface area contributed by atoms with E-state index in [-0.39, 0.29) is 12.1 Å². The van der Waals surface area contributed by atoms with Crippen LogP contribution in [0.2, 0.25) is 0 Å². The molecule has 5 nitrogen and oxygen atoms in total. The van der Waals surface area contributed by atoms with E-state index in [0.717, 1.165) is 17.8 Å². The number of aryl methyl sites for hydroxylation is 2. The fourth-order valence-electron chi connectivity index (χ4n) is 1.21. The topological polar surface area (TPSA) is 59.0 Å². The quantitative estimate of drug-likeness (QED) is 0.797. The molecular formula is C10H18N4O. The van der Waals surface area contributed by atoms with Crippen molar-refractivity contribution >= 4 is 11.7 Å². The van der Waals surface area contributed by atoms with Crippen molar-refractivity contribution in [2.75, 3.05) is 5.32 Å². The van der Waals surface area contributed by atoms with Crippen LogP contribution in [0.15, 0.2) is 6.20 Å². The van der Waals surface area contributed by atoms with E-state index in [1.165, 1.54) is 0 Å². The van der Waals surface area contributed by atoms with Gasteiger partial charge in [-0.3, -0.25) is 4.68 Å². The van der Waals surface area contributed by atoms with E-state index in [4.69, 9.17) is 0 Å². The molecule has 0 aromatic carbocycles. The highest BCUT2D eigenvalue weighted by Crippen LogP contribution is 2.10. The molecule has 0 unspecified atom stereocenters. The van der Waals surface area contributed by atoms with Gasteiger partial charge in [0.05, 0.1) is 11.4 Å². The molecule has 0 bridgehead atoms. The Morgan fingerprint density at radius 2 is 2.33 bits per heavy atom. The average molecular weight is 210 g/mol. The van der Waals surface area contributed by atoms with Gasteiger partial charge in [0.15, 0.2) is 0 Å². The molecule has 2 amide bonds. The van der Waals surface area contributed by atoms with E-state index in [1.807, 2.05) is 27.8 Å². The van der Waals surface area contributed by atoms with Gasteiger partial charge in [0.1, 0.15) is 0 Å². The number of aromatic nitrogens is 2. The van der Waals surface area contributed by atoms with Crippen LogP contribution < -0.4 is 10.6 Å². The van der Waals surface area contributed by atoms with Crippen molar-refractivity contribution in [3.8, 4) is 0 Å². The number of anilines is 1. The number of carbonyl (C=O) groups excluding carboxylic acids is 1. The molecule has 0 fully saturated rings. The van der Waals surface area contributed by atoms with Crippen LogP contribution in [0.1, 0.15) is 26.0 Å². The van der Waals surface area contributed by atoms with Crippen molar-refractivity contribution < 1.29 is 4.79 Å². The molecule has 0 saturated carbocycles. The standard InChI is InChI=1S/C10H18N4O/c1-5-7(2)11-10(15)12-9-6-14(4)13-8(9)3/h6-7H,5H2,1-4H3,(H2,11,12,15)/t7-/m1/s1. The Balaban J connectivity index is 2.55. The summed E-state index contributed by atoms with van der Waals surface area (Å²) in [6.07, 6.45) is 2.70. The monoisotopic (exact) mass is 210 g/mol. The van der Waals surface area contributed by atoms with Gasteiger partial charge in [-0.15, -0.1) is 0 Å². The zero-order valence-electron chi connectivity index (χ0n) is 9.66. The summed E-state index contributed by atoms with van der Waals surface area (Å²) in [4.78, 5) is 11.5. The molecule has 0 radical (unpaired) electrons. The molecule has 5 heteroatoms. The number of urea groups is 1. The molecule has 84 valence electrons. The van der Waals surface area contributed by atoms with Gasteiger partial charge in [-0.25, -0.2) is 4.79 Å². The normalized spacial score (nSPS) is 12.3. The zero-order valence-corrected chi connectivity index (χ0v) is 9.66. The van der Waals surface area contributed by atoms with Gasteiger partial charge in [0, 0.05) is 19.3 Å². The lowest BCUT2D eigenvalue weighted by molar-refractivity contribution is 0.249. The lowest BCUT2D eigenvalue weighted by Crippen LogP contribution is -2.35. The van der Waals surface area contributed by atoms with Crippen molar-refractivity contribution in [3.05, 3.63) is 11.9 Å². The number of carbonyl (C=O) groups is 1. The van der Waals surface area contributed by atoms with Gasteiger partial charge >= 0.3 is 6.03 Å². The molecule has 0 spiro atoms. The number of hydrogen-bond donors (Lipinski definition) is 2. The minimum atomic E-state index is -0.180. The van der Waals surface area contributed by atoms with Gasteiger partial charge in [-0.05, 0) is 20.3 Å². The van der Waals surface area contributed by atoms with Crippen LogP contribution in [0.4, 0.5) is 10.5 Å². The van der Waals surface area contributed by atoms with Gasteiger partial charge < -0.3 is 10.6 Å². The molecule has 0 aliphatic heterocycles. The summed E-state index contributed by atoms with van der Waals surface area (Å²) in [5.41, 5.74) is 1.56. The van der Waals surface area contributed by atoms with Gasteiger partial charge in [0.2, 0.25) is 0 Å². The lowest BCUT2D eigenvalue weighted by atomic mass is 10.3. The van der Waals surface area contributed by atoms with Crippen molar-refractivity contribution in [2.45, 2.75) is 33.2 Å². The summed E-state index contributed by atoms with van der Waals surface area (Å²) in [5.74, 6) is 0. The lowest BCUT2D eigenvalue weighted by Gasteiger charge is -2.11. The van der Waals surface area contributed by atoms with Crippen molar-refractivity contribution in [1.29, 1.82) is 0 Å². The summed E-state index contributed by atoms with van der Waals surface area (Å²) >= 11 is 0. The Labute approximate surface area is 89.9 Å². The molecule has 0 aliphatic rings. The Kier molecular flexibility index (Phi) is 3.71. The van der Waals surface area contributed by atoms with E-state index in [0.29, 0.717) is 0 Å². The molecule has 0 aliphatic carbocycles. The van der Waals surface area contributed by atoms with Crippen LogP contribution in [0.3, 0.4) is 0 Å². The molecule has 1 aromatic heterocycles. The first-order valence-corrected chi connectivity index (χ1v) is 5.10. The predicted molar refractivity (Wildman–Crippen MR) is 59.9 cm³/mol. The second-order valence-electron chi connectivity index (χ2n) is 3.71. The molecule has 1 atom stereocenters. The minimum absolute atomic E-state index is 0.180. The first kappa shape index (κ1) is 11.6. The highest BCUT2D eigenvalue weighted by Gasteiger charge is 2.08. The van der Waals surface area contributed by atoms with Crippen molar-refractivity contribution in [2.24, 2.45) is 7.05 Å². The fraction of sp³-hybridized carbons (Fsp3) is 0.600. The number of hydrogen-bond acceptors (Lipinski definition) is 2. The highest BCUT2D eigenvalue weighted by atomic mass is 16.2. The van der Waals surface area contributed by atoms with Crippen LogP contribution in [-0.4, -0.2) is 21.9 Å². The molecule has 0 saturated heterocycles. The maximum atomic E-state index is 11.5. The van der Waals surface area contributed by atoms with E-state index < -0.39 is 0 Å². The molecule has 1 aromatic rings. The molecule has 15 heavy (non-hydrogen) atoms. The smallest absolute Gasteiger partial charge is 0.319 e. The third-order valence-electron chi connectivity index (χ3n) is 2.25. The van der Waals surface area contributed by atoms with E-state index in [2.05, 4.69) is 15.7 Å². The molecule has 2 N–H and O–H groups in total. The first-order valence-electron chi connectivity index (χ1n) is 5.10. The third kappa shape index (κ3) is 3.27. The van der Waals surface area contributed by atoms with Crippen molar-refractivity contribution in [3.63, 3.8) is 0 Å². The van der Waals surface area contributed by atoms with Crippen LogP contribution in [-0.2, 0) is 7.05 Å². The summed E-state index contributed by atoms with van der Waals surface area (Å²) in [6.45, 7) is 5.86. The molecule has 1 rings (SSSR count). The van der Waals surface area contributed by atoms with E-state index in [9.17, 15) is 4.79 Å². The number of amides is 2. The second kappa shape index (κ2) is 4.82. The Hall–Kier alpha value is -1.52. The van der Waals surface area contributed by atoms with Crippen LogP contribution >= 0.6 is 0 Å². The Morgan fingerprint density at radius 3 is 2.80 bits per heavy atom. The number of nitrogens with one attached hydrogen (secondary N) is 2. The Morgan fingerprint density at radius 1 is 1.67 bits per heavy atom. The average Bonchev–Trinajstić information content (AvgIpc) is 2.44. The third-order valence-corrected chi connectivity index (χ3v) is 2.25. The van der Waals surface area contributed by atoms with Gasteiger partial charge in [-0.1, -0.05) is 6.92 Å². The SMILES string of the molecule is CC[C@@H](C)NC(=O)Nc1cn(C)nc1C. The van der Waals surface area contributed by atoms with Gasteiger partial charge in [-0.2, -0.15) is 5.10 Å². The second-order valence-corrected chi connectivity index (χ2v) is 3.71. The number of rotatable bonds is 3. The number of nitrogens with zero attached hydrogens (tertiary/aromatic N) is 2. The van der Waals surface area contributed by atoms with Crippen LogP contribution in [0.25, 0.3) is 0 Å². The van der Waals surface area contributed by atoms with Crippen LogP contribution in [0.5, 0.6) is 0 Å².